The van der Waals surface area contributed by atoms with Gasteiger partial charge in [-0.15, -0.1) is 5.48 Å². The van der Waals surface area contributed by atoms with Crippen LogP contribution in [0.4, 0.5) is 23.8 Å². The van der Waals surface area contributed by atoms with E-state index >= 15 is 0 Å². The van der Waals surface area contributed by atoms with Gasteiger partial charge in [-0.05, 0) is 94.2 Å². The van der Waals surface area contributed by atoms with Crippen molar-refractivity contribution in [2.24, 2.45) is 5.92 Å². The lowest BCUT2D eigenvalue weighted by atomic mass is 9.83. The smallest absolute Gasteiger partial charge is 0.419 e. The lowest BCUT2D eigenvalue weighted by Gasteiger charge is -2.30. The van der Waals surface area contributed by atoms with Crippen molar-refractivity contribution in [1.29, 1.82) is 0 Å². The summed E-state index contributed by atoms with van der Waals surface area (Å²) in [6, 6.07) is 13.2. The predicted octanol–water partition coefficient (Wildman–Crippen LogP) is 8.96. The highest BCUT2D eigenvalue weighted by atomic mass is 35.5. The minimum Gasteiger partial charge on any atom is -0.496 e. The molecule has 1 saturated carbocycles. The number of halogens is 4. The Labute approximate surface area is 363 Å². The molecule has 17 heteroatoms. The molecule has 0 unspecified atom stereocenters. The summed E-state index contributed by atoms with van der Waals surface area (Å²) in [4.78, 5) is 52.8. The zero-order valence-electron chi connectivity index (χ0n) is 35.2. The molecule has 2 fully saturated rings. The molecule has 0 radical (unpaired) electrons. The Hall–Kier alpha value is -5.61. The van der Waals surface area contributed by atoms with Gasteiger partial charge in [-0.25, -0.2) is 4.79 Å². The molecule has 13 nitrogen and oxygen atoms in total. The highest BCUT2D eigenvalue weighted by Gasteiger charge is 2.38. The number of hydrogen-bond donors (Lipinski definition) is 3. The molecule has 2 atom stereocenters. The van der Waals surface area contributed by atoms with Crippen LogP contribution in [-0.2, 0) is 44.9 Å². The Balaban J connectivity index is 1.15. The van der Waals surface area contributed by atoms with Gasteiger partial charge in [0.15, 0.2) is 0 Å². The number of hydrogen-bond acceptors (Lipinski definition) is 11. The summed E-state index contributed by atoms with van der Waals surface area (Å²) >= 11 is 7.20. The third-order valence-corrected chi connectivity index (χ3v) is 11.4. The van der Waals surface area contributed by atoms with E-state index in [0.717, 1.165) is 35.6 Å². The maximum atomic E-state index is 14.6. The van der Waals surface area contributed by atoms with Gasteiger partial charge in [0.05, 0.1) is 55.5 Å². The topological polar surface area (TPSA) is 153 Å². The van der Waals surface area contributed by atoms with Crippen LogP contribution in [0.25, 0.3) is 22.4 Å². The highest BCUT2D eigenvalue weighted by molar-refractivity contribution is 6.35. The second kappa shape index (κ2) is 18.4. The van der Waals surface area contributed by atoms with Crippen LogP contribution in [0.3, 0.4) is 0 Å². The molecule has 0 spiro atoms. The van der Waals surface area contributed by atoms with Gasteiger partial charge in [0.1, 0.15) is 17.2 Å². The summed E-state index contributed by atoms with van der Waals surface area (Å²) in [5.74, 6) is -0.618. The fraction of sp³-hybridized carbons (Fsp3) is 0.444. The van der Waals surface area contributed by atoms with Crippen molar-refractivity contribution >= 4 is 35.4 Å². The summed E-state index contributed by atoms with van der Waals surface area (Å²) in [6.07, 6.45) is 0.715. The molecule has 1 aliphatic heterocycles. The molecule has 3 aliphatic rings. The SMILES string of the molecule is COc1cc(-c2nccc(-c3cccc4c3CCC[C@@H]4Nc3nc(OC)c(CNOC(=O)C4CC4)cc3C(F)(F)F)c2Cl)ccc1CN(C[C@@H]1CCC(=O)N1)C(=O)OC(C)(C)C. The molecule has 62 heavy (non-hydrogen) atoms. The number of methoxy groups -OCH3 is 2. The second-order valence-electron chi connectivity index (χ2n) is 16.7. The number of alkyl halides is 3. The first-order chi connectivity index (χ1) is 29.5. The number of benzene rings is 2. The normalized spacial score (nSPS) is 17.5. The number of nitrogens with zero attached hydrogens (tertiary/aromatic N) is 3. The molecule has 3 N–H and O–H groups in total. The van der Waals surface area contributed by atoms with E-state index in [9.17, 15) is 27.6 Å². The Morgan fingerprint density at radius 1 is 0.968 bits per heavy atom. The number of aromatic nitrogens is 2. The average molecular weight is 879 g/mol. The fourth-order valence-corrected chi connectivity index (χ4v) is 8.18. The van der Waals surface area contributed by atoms with Crippen molar-refractivity contribution in [3.63, 3.8) is 0 Å². The third kappa shape index (κ3) is 10.4. The number of hydroxylamine groups is 1. The van der Waals surface area contributed by atoms with Gasteiger partial charge < -0.3 is 34.6 Å². The average Bonchev–Trinajstić information content (AvgIpc) is 4.00. The van der Waals surface area contributed by atoms with Crippen LogP contribution in [0.1, 0.15) is 93.2 Å². The maximum Gasteiger partial charge on any atom is 0.419 e. The second-order valence-corrected chi connectivity index (χ2v) is 17.1. The first-order valence-corrected chi connectivity index (χ1v) is 21.0. The molecule has 330 valence electrons. The summed E-state index contributed by atoms with van der Waals surface area (Å²) < 4.78 is 60.7. The standard InChI is InChI=1S/C45H50ClF3N6O7/c1-44(2,3)61-43(58)55(24-29-16-17-37(56)52-29)23-27-15-14-26(21-36(27)59-4)39-38(46)33(18-19-50-39)31-8-6-10-32-30(31)9-7-11-35(32)53-40-34(45(47,48)49)20-28(41(54-40)60-5)22-51-62-42(57)25-12-13-25/h6,8,10,14-15,18-21,25,29,35,51H,7,9,11-13,16-17,22-24H2,1-5H3,(H,52,56)(H,53,54)/t29-,35-/m0/s1. The molecule has 2 amide bonds. The number of carbonyl (C=O) groups excluding carboxylic acids is 3. The zero-order chi connectivity index (χ0) is 44.3. The van der Waals surface area contributed by atoms with Crippen LogP contribution in [0.5, 0.6) is 11.6 Å². The number of anilines is 1. The molecular weight excluding hydrogens is 829 g/mol. The van der Waals surface area contributed by atoms with Crippen molar-refractivity contribution < 1.29 is 46.6 Å². The predicted molar refractivity (Wildman–Crippen MR) is 225 cm³/mol. The molecule has 1 saturated heterocycles. The Morgan fingerprint density at radius 2 is 1.76 bits per heavy atom. The summed E-state index contributed by atoms with van der Waals surface area (Å²) in [7, 11) is 2.85. The van der Waals surface area contributed by atoms with Crippen LogP contribution in [-0.4, -0.2) is 65.2 Å². The number of amides is 2. The molecule has 2 aromatic carbocycles. The van der Waals surface area contributed by atoms with Gasteiger partial charge >= 0.3 is 18.2 Å². The molecule has 3 heterocycles. The fourth-order valence-electron chi connectivity index (χ4n) is 7.86. The van der Waals surface area contributed by atoms with Crippen LogP contribution in [0.15, 0.2) is 54.7 Å². The van der Waals surface area contributed by atoms with Gasteiger partial charge in [-0.1, -0.05) is 41.9 Å². The molecule has 4 aromatic rings. The van der Waals surface area contributed by atoms with E-state index in [4.69, 9.17) is 30.6 Å². The minimum absolute atomic E-state index is 0.0413. The van der Waals surface area contributed by atoms with Gasteiger partial charge in [-0.3, -0.25) is 14.6 Å². The van der Waals surface area contributed by atoms with E-state index < -0.39 is 35.4 Å². The lowest BCUT2D eigenvalue weighted by Crippen LogP contribution is -2.43. The quantitative estimate of drug-likeness (QED) is 0.104. The maximum absolute atomic E-state index is 14.6. The first kappa shape index (κ1) is 44.4. The van der Waals surface area contributed by atoms with E-state index in [1.807, 2.05) is 36.4 Å². The minimum atomic E-state index is -4.76. The van der Waals surface area contributed by atoms with Crippen LogP contribution >= 0.6 is 11.6 Å². The highest BCUT2D eigenvalue weighted by Crippen LogP contribution is 2.44. The number of ether oxygens (including phenoxy) is 3. The Morgan fingerprint density at radius 3 is 2.44 bits per heavy atom. The lowest BCUT2D eigenvalue weighted by molar-refractivity contribution is -0.153. The Bertz CT molecular complexity index is 2330. The number of fused-ring (bicyclic) bond motifs is 1. The largest absolute Gasteiger partial charge is 0.496 e. The van der Waals surface area contributed by atoms with Gasteiger partial charge in [-0.2, -0.15) is 18.2 Å². The van der Waals surface area contributed by atoms with Crippen molar-refractivity contribution in [1.82, 2.24) is 25.7 Å². The number of nitrogens with one attached hydrogen (secondary N) is 3. The molecule has 2 aliphatic carbocycles. The summed E-state index contributed by atoms with van der Waals surface area (Å²) in [5, 5.41) is 6.38. The van der Waals surface area contributed by atoms with Crippen molar-refractivity contribution in [2.45, 2.75) is 103 Å². The summed E-state index contributed by atoms with van der Waals surface area (Å²) in [6.45, 7) is 5.57. The number of carbonyl (C=O) groups is 3. The van der Waals surface area contributed by atoms with Crippen LogP contribution in [0, 0.1) is 5.92 Å². The van der Waals surface area contributed by atoms with Gasteiger partial charge in [0.25, 0.3) is 0 Å². The molecule has 2 aromatic heterocycles. The summed E-state index contributed by atoms with van der Waals surface area (Å²) in [5.41, 5.74) is 5.94. The zero-order valence-corrected chi connectivity index (χ0v) is 36.0. The monoisotopic (exact) mass is 878 g/mol. The van der Waals surface area contributed by atoms with Crippen LogP contribution in [0.2, 0.25) is 5.02 Å². The third-order valence-electron chi connectivity index (χ3n) is 11.0. The number of rotatable bonds is 14. The van der Waals surface area contributed by atoms with Crippen molar-refractivity contribution in [2.75, 3.05) is 26.1 Å². The number of pyridine rings is 2. The molecule has 0 bridgehead atoms. The first-order valence-electron chi connectivity index (χ1n) is 20.6. The van der Waals surface area contributed by atoms with E-state index in [-0.39, 0.29) is 54.8 Å². The van der Waals surface area contributed by atoms with E-state index in [2.05, 4.69) is 26.1 Å². The van der Waals surface area contributed by atoms with Gasteiger partial charge in [0.2, 0.25) is 11.8 Å². The van der Waals surface area contributed by atoms with E-state index in [0.29, 0.717) is 65.3 Å². The van der Waals surface area contributed by atoms with Crippen molar-refractivity contribution in [3.8, 4) is 34.0 Å². The van der Waals surface area contributed by atoms with E-state index in [1.54, 1.807) is 37.9 Å². The van der Waals surface area contributed by atoms with Gasteiger partial charge in [0, 0.05) is 47.5 Å². The van der Waals surface area contributed by atoms with Crippen molar-refractivity contribution in [3.05, 3.63) is 87.6 Å². The van der Waals surface area contributed by atoms with Crippen LogP contribution < -0.4 is 25.6 Å². The Kier molecular flexibility index (Phi) is 13.2. The molecule has 7 rings (SSSR count). The molecular formula is C45H50ClF3N6O7. The van der Waals surface area contributed by atoms with E-state index in [1.165, 1.54) is 14.2 Å².